The van der Waals surface area contributed by atoms with Crippen molar-refractivity contribution in [1.82, 2.24) is 9.97 Å². The zero-order valence-corrected chi connectivity index (χ0v) is 13.9. The monoisotopic (exact) mass is 320 g/mol. The van der Waals surface area contributed by atoms with Gasteiger partial charge in [0.05, 0.1) is 18.1 Å². The summed E-state index contributed by atoms with van der Waals surface area (Å²) in [6, 6.07) is 4.73. The molecule has 1 fully saturated rings. The van der Waals surface area contributed by atoms with Crippen LogP contribution < -0.4 is 0 Å². The third-order valence-corrected chi connectivity index (χ3v) is 5.42. The van der Waals surface area contributed by atoms with Gasteiger partial charge >= 0.3 is 5.97 Å². The normalized spacial score (nSPS) is 21.8. The van der Waals surface area contributed by atoms with Gasteiger partial charge in [0.15, 0.2) is 5.69 Å². The van der Waals surface area contributed by atoms with E-state index in [4.69, 9.17) is 5.11 Å². The van der Waals surface area contributed by atoms with Gasteiger partial charge in [-0.1, -0.05) is 12.1 Å². The Morgan fingerprint density at radius 3 is 2.50 bits per heavy atom. The highest BCUT2D eigenvalue weighted by atomic mass is 16.4. The van der Waals surface area contributed by atoms with Gasteiger partial charge in [0, 0.05) is 0 Å². The number of hydrogen-bond donors (Lipinski definition) is 1. The number of aromatic carboxylic acids is 1. The molecule has 0 radical (unpaired) electrons. The maximum absolute atomic E-state index is 10.9. The lowest BCUT2D eigenvalue weighted by Crippen LogP contribution is -2.02. The SMILES string of the molecule is C/C(=C/c1cnc(C(=O)O)cn1)c1cc2c(cc1C)C1CCC2C1. The first-order chi connectivity index (χ1) is 11.5. The van der Waals surface area contributed by atoms with E-state index in [-0.39, 0.29) is 5.69 Å². The van der Waals surface area contributed by atoms with Crippen LogP contribution in [0.2, 0.25) is 0 Å². The van der Waals surface area contributed by atoms with Gasteiger partial charge in [-0.15, -0.1) is 0 Å². The molecule has 1 aromatic carbocycles. The molecule has 2 atom stereocenters. The van der Waals surface area contributed by atoms with Crippen LogP contribution in [0.1, 0.15) is 76.5 Å². The maximum atomic E-state index is 10.9. The standard InChI is InChI=1S/C20H20N2O2/c1-11(5-15-9-22-19(10-21-15)20(23)24)16-8-18-14-4-3-13(7-14)17(18)6-12(16)2/h5-6,8-10,13-14H,3-4,7H2,1-2H3,(H,23,24)/b11-5-. The van der Waals surface area contributed by atoms with Gasteiger partial charge in [0.25, 0.3) is 0 Å². The third-order valence-electron chi connectivity index (χ3n) is 5.42. The van der Waals surface area contributed by atoms with Crippen molar-refractivity contribution < 1.29 is 9.90 Å². The lowest BCUT2D eigenvalue weighted by Gasteiger charge is -2.18. The molecule has 4 heteroatoms. The van der Waals surface area contributed by atoms with Gasteiger partial charge in [-0.05, 0) is 78.8 Å². The molecule has 2 unspecified atom stereocenters. The lowest BCUT2D eigenvalue weighted by atomic mass is 9.87. The van der Waals surface area contributed by atoms with E-state index in [9.17, 15) is 4.79 Å². The second-order valence-electron chi connectivity index (χ2n) is 6.96. The van der Waals surface area contributed by atoms with Gasteiger partial charge in [-0.25, -0.2) is 9.78 Å². The Morgan fingerprint density at radius 2 is 1.88 bits per heavy atom. The first-order valence-electron chi connectivity index (χ1n) is 8.41. The minimum Gasteiger partial charge on any atom is -0.476 e. The van der Waals surface area contributed by atoms with Crippen molar-refractivity contribution >= 4 is 17.6 Å². The van der Waals surface area contributed by atoms with Crippen LogP contribution in [0, 0.1) is 6.92 Å². The molecule has 1 heterocycles. The fraction of sp³-hybridized carbons (Fsp3) is 0.350. The summed E-state index contributed by atoms with van der Waals surface area (Å²) in [6.45, 7) is 4.24. The summed E-state index contributed by atoms with van der Waals surface area (Å²) in [6.07, 6.45) is 8.78. The van der Waals surface area contributed by atoms with Crippen molar-refractivity contribution in [2.24, 2.45) is 0 Å². The molecule has 1 N–H and O–H groups in total. The van der Waals surface area contributed by atoms with E-state index in [1.807, 2.05) is 6.08 Å². The Hall–Kier alpha value is -2.49. The smallest absolute Gasteiger partial charge is 0.356 e. The van der Waals surface area contributed by atoms with Crippen LogP contribution in [0.3, 0.4) is 0 Å². The molecule has 2 aliphatic carbocycles. The van der Waals surface area contributed by atoms with Crippen LogP contribution in [0.25, 0.3) is 11.6 Å². The molecule has 0 saturated heterocycles. The molecule has 4 rings (SSSR count). The molecule has 2 bridgehead atoms. The molecular weight excluding hydrogens is 300 g/mol. The van der Waals surface area contributed by atoms with Gasteiger partial charge in [-0.3, -0.25) is 4.98 Å². The molecule has 2 aliphatic rings. The first-order valence-corrected chi connectivity index (χ1v) is 8.41. The van der Waals surface area contributed by atoms with Crippen LogP contribution in [-0.4, -0.2) is 21.0 Å². The summed E-state index contributed by atoms with van der Waals surface area (Å²) < 4.78 is 0. The van der Waals surface area contributed by atoms with E-state index in [1.165, 1.54) is 48.3 Å². The molecule has 24 heavy (non-hydrogen) atoms. The number of aromatic nitrogens is 2. The molecule has 0 aliphatic heterocycles. The van der Waals surface area contributed by atoms with E-state index >= 15 is 0 Å². The molecule has 4 nitrogen and oxygen atoms in total. The highest BCUT2D eigenvalue weighted by Crippen LogP contribution is 2.53. The quantitative estimate of drug-likeness (QED) is 0.910. The molecule has 2 aromatic rings. The number of fused-ring (bicyclic) bond motifs is 5. The van der Waals surface area contributed by atoms with E-state index in [0.717, 1.165) is 17.4 Å². The maximum Gasteiger partial charge on any atom is 0.356 e. The summed E-state index contributed by atoms with van der Waals surface area (Å²) in [5, 5.41) is 8.90. The van der Waals surface area contributed by atoms with Gasteiger partial charge < -0.3 is 5.11 Å². The topological polar surface area (TPSA) is 63.1 Å². The molecule has 1 aromatic heterocycles. The number of carbonyl (C=O) groups is 1. The second kappa shape index (κ2) is 5.55. The Bertz CT molecular complexity index is 853. The van der Waals surface area contributed by atoms with Gasteiger partial charge in [-0.2, -0.15) is 0 Å². The Morgan fingerprint density at radius 1 is 1.17 bits per heavy atom. The van der Waals surface area contributed by atoms with E-state index in [2.05, 4.69) is 35.9 Å². The largest absolute Gasteiger partial charge is 0.476 e. The van der Waals surface area contributed by atoms with E-state index < -0.39 is 5.97 Å². The predicted octanol–water partition coefficient (Wildman–Crippen LogP) is 4.41. The molecule has 0 amide bonds. The van der Waals surface area contributed by atoms with Crippen LogP contribution in [0.15, 0.2) is 24.5 Å². The number of nitrogens with zero attached hydrogens (tertiary/aromatic N) is 2. The van der Waals surface area contributed by atoms with Crippen LogP contribution in [0.5, 0.6) is 0 Å². The highest BCUT2D eigenvalue weighted by molar-refractivity contribution is 5.85. The Labute approximate surface area is 141 Å². The number of aryl methyl sites for hydroxylation is 1. The summed E-state index contributed by atoms with van der Waals surface area (Å²) in [7, 11) is 0. The van der Waals surface area contributed by atoms with Gasteiger partial charge in [0.2, 0.25) is 0 Å². The summed E-state index contributed by atoms with van der Waals surface area (Å²) in [5.41, 5.74) is 7.43. The average molecular weight is 320 g/mol. The number of benzene rings is 1. The molecule has 122 valence electrons. The van der Waals surface area contributed by atoms with Crippen molar-refractivity contribution in [1.29, 1.82) is 0 Å². The Kier molecular flexibility index (Phi) is 3.48. The molecular formula is C20H20N2O2. The fourth-order valence-electron chi connectivity index (χ4n) is 4.25. The van der Waals surface area contributed by atoms with Crippen molar-refractivity contribution in [3.8, 4) is 0 Å². The number of carboxylic acids is 1. The number of rotatable bonds is 3. The zero-order valence-electron chi connectivity index (χ0n) is 13.9. The fourth-order valence-corrected chi connectivity index (χ4v) is 4.25. The lowest BCUT2D eigenvalue weighted by molar-refractivity contribution is 0.0690. The average Bonchev–Trinajstić information content (AvgIpc) is 3.16. The van der Waals surface area contributed by atoms with E-state index in [1.54, 1.807) is 5.56 Å². The van der Waals surface area contributed by atoms with Crippen LogP contribution >= 0.6 is 0 Å². The third kappa shape index (κ3) is 2.42. The van der Waals surface area contributed by atoms with Crippen LogP contribution in [0.4, 0.5) is 0 Å². The van der Waals surface area contributed by atoms with Crippen molar-refractivity contribution in [2.75, 3.05) is 0 Å². The zero-order chi connectivity index (χ0) is 16.8. The number of carboxylic acid groups (broad SMARTS) is 1. The van der Waals surface area contributed by atoms with Crippen LogP contribution in [-0.2, 0) is 0 Å². The minimum atomic E-state index is -1.06. The van der Waals surface area contributed by atoms with Crippen molar-refractivity contribution in [2.45, 2.75) is 44.9 Å². The van der Waals surface area contributed by atoms with Crippen molar-refractivity contribution in [3.63, 3.8) is 0 Å². The van der Waals surface area contributed by atoms with Crippen molar-refractivity contribution in [3.05, 3.63) is 58.2 Å². The number of hydrogen-bond acceptors (Lipinski definition) is 3. The summed E-state index contributed by atoms with van der Waals surface area (Å²) >= 11 is 0. The summed E-state index contributed by atoms with van der Waals surface area (Å²) in [5.74, 6) is 0.461. The Balaban J connectivity index is 1.68. The molecule has 1 saturated carbocycles. The highest BCUT2D eigenvalue weighted by Gasteiger charge is 2.37. The first kappa shape index (κ1) is 15.1. The van der Waals surface area contributed by atoms with Gasteiger partial charge in [0.1, 0.15) is 0 Å². The summed E-state index contributed by atoms with van der Waals surface area (Å²) in [4.78, 5) is 19.0. The second-order valence-corrected chi connectivity index (χ2v) is 6.96. The van der Waals surface area contributed by atoms with E-state index in [0.29, 0.717) is 5.69 Å². The number of allylic oxidation sites excluding steroid dienone is 1. The molecule has 0 spiro atoms. The minimum absolute atomic E-state index is 0.0328. The predicted molar refractivity (Wildman–Crippen MR) is 93.0 cm³/mol.